The molecule has 4 nitrogen and oxygen atoms in total. The Bertz CT molecular complexity index is 454. The zero-order chi connectivity index (χ0) is 12.3. The molecule has 2 rings (SSSR count). The summed E-state index contributed by atoms with van der Waals surface area (Å²) in [5.41, 5.74) is 3.26. The van der Waals surface area contributed by atoms with Crippen LogP contribution in [0.25, 0.3) is 0 Å². The average molecular weight is 233 g/mol. The Kier molecular flexibility index (Phi) is 3.54. The normalized spacial score (nSPS) is 13.4. The van der Waals surface area contributed by atoms with Gasteiger partial charge in [0.25, 0.3) is 0 Å². The molecule has 0 radical (unpaired) electrons. The van der Waals surface area contributed by atoms with Crippen molar-refractivity contribution >= 4 is 11.8 Å². The van der Waals surface area contributed by atoms with Gasteiger partial charge in [0.15, 0.2) is 5.78 Å². The van der Waals surface area contributed by atoms with Gasteiger partial charge in [-0.2, -0.15) is 0 Å². The number of benzene rings is 1. The molecule has 1 aromatic carbocycles. The summed E-state index contributed by atoms with van der Waals surface area (Å²) in [6.45, 7) is -0.109. The van der Waals surface area contributed by atoms with E-state index >= 15 is 0 Å². The van der Waals surface area contributed by atoms with E-state index in [2.05, 4.69) is 5.32 Å². The summed E-state index contributed by atoms with van der Waals surface area (Å²) in [7, 11) is 0. The molecule has 17 heavy (non-hydrogen) atoms. The Hall–Kier alpha value is -1.68. The molecule has 0 spiro atoms. The minimum atomic E-state index is -0.952. The third-order valence-corrected chi connectivity index (χ3v) is 2.98. The van der Waals surface area contributed by atoms with Crippen molar-refractivity contribution in [1.82, 2.24) is 5.32 Å². The van der Waals surface area contributed by atoms with E-state index in [9.17, 15) is 9.59 Å². The van der Waals surface area contributed by atoms with Crippen molar-refractivity contribution in [2.75, 3.05) is 13.1 Å². The van der Waals surface area contributed by atoms with Gasteiger partial charge in [0.2, 0.25) is 0 Å². The van der Waals surface area contributed by atoms with E-state index in [0.29, 0.717) is 5.56 Å². The molecular formula is C13H15NO3. The number of hydrogen-bond donors (Lipinski definition) is 2. The fraction of sp³-hybridized carbons (Fsp3) is 0.385. The molecule has 0 bridgehead atoms. The second kappa shape index (κ2) is 5.10. The van der Waals surface area contributed by atoms with Crippen LogP contribution in [-0.2, 0) is 17.6 Å². The van der Waals surface area contributed by atoms with Crippen LogP contribution in [-0.4, -0.2) is 29.9 Å². The predicted octanol–water partition coefficient (Wildman–Crippen LogP) is 1.03. The van der Waals surface area contributed by atoms with Gasteiger partial charge in [0.1, 0.15) is 0 Å². The Balaban J connectivity index is 1.97. The number of carboxylic acids is 1. The van der Waals surface area contributed by atoms with Crippen LogP contribution in [0, 0.1) is 0 Å². The molecule has 0 aliphatic heterocycles. The Morgan fingerprint density at radius 1 is 1.18 bits per heavy atom. The number of carbonyl (C=O) groups excluding carboxylic acids is 1. The first-order valence-electron chi connectivity index (χ1n) is 5.74. The van der Waals surface area contributed by atoms with Crippen molar-refractivity contribution in [1.29, 1.82) is 0 Å². The zero-order valence-electron chi connectivity index (χ0n) is 9.53. The van der Waals surface area contributed by atoms with Crippen molar-refractivity contribution in [2.45, 2.75) is 19.3 Å². The smallest absolute Gasteiger partial charge is 0.317 e. The fourth-order valence-electron chi connectivity index (χ4n) is 2.13. The van der Waals surface area contributed by atoms with E-state index in [-0.39, 0.29) is 18.9 Å². The van der Waals surface area contributed by atoms with Gasteiger partial charge in [0, 0.05) is 5.56 Å². The van der Waals surface area contributed by atoms with Gasteiger partial charge in [0.05, 0.1) is 13.1 Å². The number of carbonyl (C=O) groups is 2. The maximum absolute atomic E-state index is 11.8. The van der Waals surface area contributed by atoms with Crippen molar-refractivity contribution in [2.24, 2.45) is 0 Å². The van der Waals surface area contributed by atoms with Crippen LogP contribution >= 0.6 is 0 Å². The van der Waals surface area contributed by atoms with Gasteiger partial charge >= 0.3 is 5.97 Å². The highest BCUT2D eigenvalue weighted by Crippen LogP contribution is 2.22. The van der Waals surface area contributed by atoms with Gasteiger partial charge in [-0.25, -0.2) is 0 Å². The summed E-state index contributed by atoms with van der Waals surface area (Å²) in [5, 5.41) is 11.1. The minimum Gasteiger partial charge on any atom is -0.480 e. The quantitative estimate of drug-likeness (QED) is 0.745. The molecule has 1 aromatic rings. The lowest BCUT2D eigenvalue weighted by Gasteiger charge is -2.04. The fourth-order valence-corrected chi connectivity index (χ4v) is 2.13. The van der Waals surface area contributed by atoms with Crippen molar-refractivity contribution < 1.29 is 14.7 Å². The number of rotatable bonds is 5. The predicted molar refractivity (Wildman–Crippen MR) is 63.3 cm³/mol. The molecule has 4 heteroatoms. The van der Waals surface area contributed by atoms with Gasteiger partial charge in [-0.15, -0.1) is 0 Å². The summed E-state index contributed by atoms with van der Waals surface area (Å²) >= 11 is 0. The lowest BCUT2D eigenvalue weighted by Crippen LogP contribution is -2.28. The summed E-state index contributed by atoms with van der Waals surface area (Å²) in [6.07, 6.45) is 3.30. The third kappa shape index (κ3) is 2.91. The molecule has 0 amide bonds. The molecule has 0 atom stereocenters. The topological polar surface area (TPSA) is 66.4 Å². The minimum absolute atomic E-state index is 0.0547. The number of fused-ring (bicyclic) bond motifs is 1. The number of Topliss-reactive ketones (excluding diaryl/α,β-unsaturated/α-hetero) is 1. The summed E-state index contributed by atoms with van der Waals surface area (Å²) in [5.74, 6) is -1.01. The van der Waals surface area contributed by atoms with E-state index in [1.165, 1.54) is 11.1 Å². The number of aliphatic carboxylic acids is 1. The Labute approximate surface area is 99.6 Å². The van der Waals surface area contributed by atoms with Gasteiger partial charge < -0.3 is 5.11 Å². The summed E-state index contributed by atoms with van der Waals surface area (Å²) < 4.78 is 0. The summed E-state index contributed by atoms with van der Waals surface area (Å²) in [4.78, 5) is 22.1. The number of aryl methyl sites for hydroxylation is 2. The number of ketones is 1. The number of hydrogen-bond acceptors (Lipinski definition) is 3. The van der Waals surface area contributed by atoms with Crippen LogP contribution in [0.3, 0.4) is 0 Å². The van der Waals surface area contributed by atoms with E-state index in [4.69, 9.17) is 5.11 Å². The van der Waals surface area contributed by atoms with E-state index in [1.807, 2.05) is 18.2 Å². The highest BCUT2D eigenvalue weighted by atomic mass is 16.4. The maximum atomic E-state index is 11.8. The molecule has 90 valence electrons. The Morgan fingerprint density at radius 3 is 2.71 bits per heavy atom. The molecule has 0 fully saturated rings. The Morgan fingerprint density at radius 2 is 1.94 bits per heavy atom. The largest absolute Gasteiger partial charge is 0.480 e. The second-order valence-electron chi connectivity index (χ2n) is 4.26. The highest BCUT2D eigenvalue weighted by molar-refractivity contribution is 5.98. The van der Waals surface area contributed by atoms with Crippen LogP contribution in [0.1, 0.15) is 27.9 Å². The third-order valence-electron chi connectivity index (χ3n) is 2.98. The monoisotopic (exact) mass is 233 g/mol. The van der Waals surface area contributed by atoms with Gasteiger partial charge in [-0.05, 0) is 36.5 Å². The first kappa shape index (κ1) is 11.8. The van der Waals surface area contributed by atoms with Crippen molar-refractivity contribution in [3.05, 3.63) is 34.9 Å². The van der Waals surface area contributed by atoms with Crippen LogP contribution < -0.4 is 5.32 Å². The first-order chi connectivity index (χ1) is 8.16. The number of nitrogens with one attached hydrogen (secondary N) is 1. The number of carboxylic acid groups (broad SMARTS) is 1. The summed E-state index contributed by atoms with van der Waals surface area (Å²) in [6, 6.07) is 5.77. The van der Waals surface area contributed by atoms with Crippen molar-refractivity contribution in [3.8, 4) is 0 Å². The van der Waals surface area contributed by atoms with E-state index < -0.39 is 5.97 Å². The lowest BCUT2D eigenvalue weighted by molar-refractivity contribution is -0.135. The average Bonchev–Trinajstić information content (AvgIpc) is 2.75. The molecule has 0 aromatic heterocycles. The van der Waals surface area contributed by atoms with Crippen LogP contribution in [0.4, 0.5) is 0 Å². The van der Waals surface area contributed by atoms with E-state index in [0.717, 1.165) is 19.3 Å². The molecular weight excluding hydrogens is 218 g/mol. The highest BCUT2D eigenvalue weighted by Gasteiger charge is 2.13. The molecule has 1 aliphatic rings. The molecule has 0 saturated carbocycles. The van der Waals surface area contributed by atoms with Crippen LogP contribution in [0.2, 0.25) is 0 Å². The zero-order valence-corrected chi connectivity index (χ0v) is 9.53. The van der Waals surface area contributed by atoms with E-state index in [1.54, 1.807) is 0 Å². The standard InChI is InChI=1S/C13H15NO3/c15-12(7-14-8-13(16)17)11-5-4-9-2-1-3-10(9)6-11/h4-6,14H,1-3,7-8H2,(H,16,17). The second-order valence-corrected chi connectivity index (χ2v) is 4.26. The lowest BCUT2D eigenvalue weighted by atomic mass is 10.0. The van der Waals surface area contributed by atoms with Crippen LogP contribution in [0.15, 0.2) is 18.2 Å². The molecule has 0 unspecified atom stereocenters. The molecule has 1 aliphatic carbocycles. The SMILES string of the molecule is O=C(O)CNCC(=O)c1ccc2c(c1)CCC2. The van der Waals surface area contributed by atoms with Crippen molar-refractivity contribution in [3.63, 3.8) is 0 Å². The van der Waals surface area contributed by atoms with Gasteiger partial charge in [-0.1, -0.05) is 12.1 Å². The molecule has 0 heterocycles. The maximum Gasteiger partial charge on any atom is 0.317 e. The molecule has 0 saturated heterocycles. The van der Waals surface area contributed by atoms with Crippen LogP contribution in [0.5, 0.6) is 0 Å². The van der Waals surface area contributed by atoms with Gasteiger partial charge in [-0.3, -0.25) is 14.9 Å². The first-order valence-corrected chi connectivity index (χ1v) is 5.74. The molecule has 2 N–H and O–H groups in total.